The Balaban J connectivity index is 1.26. The first-order valence-corrected chi connectivity index (χ1v) is 19.5. The van der Waals surface area contributed by atoms with Crippen molar-refractivity contribution in [3.63, 3.8) is 0 Å². The van der Waals surface area contributed by atoms with Gasteiger partial charge in [0.15, 0.2) is 0 Å². The van der Waals surface area contributed by atoms with Crippen LogP contribution in [0.2, 0.25) is 13.1 Å². The summed E-state index contributed by atoms with van der Waals surface area (Å²) in [5, 5.41) is 6.31. The molecule has 1 aromatic heterocycles. The van der Waals surface area contributed by atoms with Gasteiger partial charge in [0.2, 0.25) is 0 Å². The van der Waals surface area contributed by atoms with Gasteiger partial charge in [-0.1, -0.05) is 110 Å². The first kappa shape index (κ1) is 28.4. The Kier molecular flexibility index (Phi) is 6.59. The Hall–Kier alpha value is -5.84. The molecule has 0 radical (unpaired) electrons. The molecule has 48 heavy (non-hydrogen) atoms. The molecule has 230 valence electrons. The number of fused-ring (bicyclic) bond motifs is 7. The first-order valence-electron chi connectivity index (χ1n) is 16.5. The summed E-state index contributed by atoms with van der Waals surface area (Å²) >= 11 is 0. The third-order valence-corrected chi connectivity index (χ3v) is 13.3. The second-order valence-corrected chi connectivity index (χ2v) is 17.3. The van der Waals surface area contributed by atoms with Crippen LogP contribution in [-0.4, -0.2) is 8.07 Å². The van der Waals surface area contributed by atoms with Crippen LogP contribution in [0.3, 0.4) is 0 Å². The molecule has 4 heteroatoms. The van der Waals surface area contributed by atoms with Crippen molar-refractivity contribution in [3.05, 3.63) is 170 Å². The molecule has 9 rings (SSSR count). The SMILES string of the molecule is C[Si]1(C)c2cc(N(c3ccccc3)c3ccccc3)ccc2-c2oc3c(cc(N(c4ccccc4)c4ccccc4)c4ccccc43)c21. The van der Waals surface area contributed by atoms with E-state index in [4.69, 9.17) is 4.42 Å². The number of hydrogen-bond donors (Lipinski definition) is 0. The van der Waals surface area contributed by atoms with E-state index in [9.17, 15) is 0 Å². The predicted octanol–water partition coefficient (Wildman–Crippen LogP) is 11.3. The second kappa shape index (κ2) is 11.1. The molecule has 0 aliphatic carbocycles. The van der Waals surface area contributed by atoms with E-state index in [2.05, 4.69) is 193 Å². The molecule has 0 unspecified atom stereocenters. The van der Waals surface area contributed by atoms with Crippen LogP contribution < -0.4 is 20.2 Å². The zero-order valence-corrected chi connectivity index (χ0v) is 28.0. The minimum atomic E-state index is -2.22. The molecule has 0 N–H and O–H groups in total. The lowest BCUT2D eigenvalue weighted by atomic mass is 10.0. The van der Waals surface area contributed by atoms with Crippen molar-refractivity contribution >= 4 is 74.3 Å². The van der Waals surface area contributed by atoms with Crippen LogP contribution in [-0.2, 0) is 0 Å². The summed E-state index contributed by atoms with van der Waals surface area (Å²) in [5.41, 5.74) is 9.04. The quantitative estimate of drug-likeness (QED) is 0.170. The lowest BCUT2D eigenvalue weighted by molar-refractivity contribution is 0.638. The first-order chi connectivity index (χ1) is 23.6. The number of benzene rings is 7. The van der Waals surface area contributed by atoms with Gasteiger partial charge in [-0.2, -0.15) is 0 Å². The fourth-order valence-electron chi connectivity index (χ4n) is 7.60. The molecule has 0 saturated heterocycles. The lowest BCUT2D eigenvalue weighted by Gasteiger charge is -2.28. The van der Waals surface area contributed by atoms with Gasteiger partial charge < -0.3 is 14.2 Å². The number of nitrogens with zero attached hydrogens (tertiary/aromatic N) is 2. The van der Waals surface area contributed by atoms with Crippen molar-refractivity contribution in [1.29, 1.82) is 0 Å². The van der Waals surface area contributed by atoms with Crippen LogP contribution >= 0.6 is 0 Å². The molecule has 7 aromatic carbocycles. The molecule has 0 fully saturated rings. The van der Waals surface area contributed by atoms with Gasteiger partial charge in [-0.25, -0.2) is 0 Å². The van der Waals surface area contributed by atoms with Gasteiger partial charge in [-0.3, -0.25) is 0 Å². The molecule has 0 bridgehead atoms. The molecule has 0 saturated carbocycles. The zero-order chi connectivity index (χ0) is 32.2. The van der Waals surface area contributed by atoms with Gasteiger partial charge in [0.25, 0.3) is 0 Å². The molecule has 8 aromatic rings. The molecule has 0 amide bonds. The van der Waals surface area contributed by atoms with E-state index in [1.165, 1.54) is 26.7 Å². The number of furan rings is 1. The molecule has 3 nitrogen and oxygen atoms in total. The van der Waals surface area contributed by atoms with Crippen molar-refractivity contribution < 1.29 is 4.42 Å². The van der Waals surface area contributed by atoms with E-state index in [0.29, 0.717) is 0 Å². The van der Waals surface area contributed by atoms with Gasteiger partial charge in [-0.15, -0.1) is 0 Å². The minimum Gasteiger partial charge on any atom is -0.456 e. The van der Waals surface area contributed by atoms with Gasteiger partial charge in [0, 0.05) is 50.2 Å². The average Bonchev–Trinajstić information content (AvgIpc) is 3.64. The highest BCUT2D eigenvalue weighted by Crippen LogP contribution is 2.45. The highest BCUT2D eigenvalue weighted by atomic mass is 28.3. The predicted molar refractivity (Wildman–Crippen MR) is 205 cm³/mol. The number of anilines is 6. The van der Waals surface area contributed by atoms with Crippen molar-refractivity contribution in [2.45, 2.75) is 13.1 Å². The standard InChI is InChI=1S/C44H34N2OSi/c1-48(2)41-29-35(45(31-17-7-3-8-18-31)32-19-9-4-10-20-32)27-28-38(41)43-44(48)39-30-40(36-25-15-16-26-37(36)42(39)47-43)46(33-21-11-5-12-22-33)34-23-13-6-14-24-34/h3-30H,1-2H3. The largest absolute Gasteiger partial charge is 0.456 e. The lowest BCUT2D eigenvalue weighted by Crippen LogP contribution is -2.49. The second-order valence-electron chi connectivity index (χ2n) is 13.0. The van der Waals surface area contributed by atoms with Crippen LogP contribution in [0.5, 0.6) is 0 Å². The van der Waals surface area contributed by atoms with Crippen molar-refractivity contribution in [3.8, 4) is 11.3 Å². The summed E-state index contributed by atoms with van der Waals surface area (Å²) < 4.78 is 7.00. The minimum absolute atomic E-state index is 0.978. The Labute approximate surface area is 281 Å². The fraction of sp³-hybridized carbons (Fsp3) is 0.0455. The highest BCUT2D eigenvalue weighted by Gasteiger charge is 2.43. The third-order valence-electron chi connectivity index (χ3n) is 9.78. The zero-order valence-electron chi connectivity index (χ0n) is 27.0. The van der Waals surface area contributed by atoms with Crippen LogP contribution in [0.15, 0.2) is 174 Å². The smallest absolute Gasteiger partial charge is 0.142 e. The third kappa shape index (κ3) is 4.41. The van der Waals surface area contributed by atoms with Gasteiger partial charge in [0.1, 0.15) is 19.4 Å². The summed E-state index contributed by atoms with van der Waals surface area (Å²) in [6.07, 6.45) is 0. The van der Waals surface area contributed by atoms with Crippen LogP contribution in [0, 0.1) is 0 Å². The molecular weight excluding hydrogens is 601 g/mol. The van der Waals surface area contributed by atoms with E-state index >= 15 is 0 Å². The number of para-hydroxylation sites is 4. The van der Waals surface area contributed by atoms with Gasteiger partial charge in [-0.05, 0) is 83.2 Å². The maximum absolute atomic E-state index is 7.00. The van der Waals surface area contributed by atoms with Gasteiger partial charge >= 0.3 is 0 Å². The summed E-state index contributed by atoms with van der Waals surface area (Å²) in [4.78, 5) is 4.74. The van der Waals surface area contributed by atoms with E-state index in [-0.39, 0.29) is 0 Å². The molecule has 1 aliphatic rings. The molecule has 1 aliphatic heterocycles. The van der Waals surface area contributed by atoms with Crippen molar-refractivity contribution in [2.75, 3.05) is 9.80 Å². The number of rotatable bonds is 6. The van der Waals surface area contributed by atoms with E-state index in [1.807, 2.05) is 0 Å². The molecule has 0 atom stereocenters. The molecule has 2 heterocycles. The summed E-state index contributed by atoms with van der Waals surface area (Å²) in [7, 11) is -2.22. The van der Waals surface area contributed by atoms with Gasteiger partial charge in [0.05, 0.1) is 5.69 Å². The highest BCUT2D eigenvalue weighted by molar-refractivity contribution is 7.05. The topological polar surface area (TPSA) is 19.6 Å². The maximum Gasteiger partial charge on any atom is 0.142 e. The fourth-order valence-corrected chi connectivity index (χ4v) is 10.9. The van der Waals surface area contributed by atoms with E-state index in [0.717, 1.165) is 50.9 Å². The Morgan fingerprint density at radius 1 is 0.438 bits per heavy atom. The van der Waals surface area contributed by atoms with E-state index < -0.39 is 8.07 Å². The van der Waals surface area contributed by atoms with Crippen LogP contribution in [0.4, 0.5) is 34.1 Å². The average molecular weight is 635 g/mol. The van der Waals surface area contributed by atoms with Crippen molar-refractivity contribution in [1.82, 2.24) is 0 Å². The Morgan fingerprint density at radius 2 is 0.917 bits per heavy atom. The number of hydrogen-bond acceptors (Lipinski definition) is 3. The maximum atomic E-state index is 7.00. The van der Waals surface area contributed by atoms with Crippen molar-refractivity contribution in [2.24, 2.45) is 0 Å². The summed E-state index contributed by atoms with van der Waals surface area (Å²) in [5.74, 6) is 1.03. The monoisotopic (exact) mass is 634 g/mol. The van der Waals surface area contributed by atoms with Crippen LogP contribution in [0.25, 0.3) is 33.1 Å². The Bertz CT molecular complexity index is 2340. The normalized spacial score (nSPS) is 13.0. The summed E-state index contributed by atoms with van der Waals surface area (Å²) in [6.45, 7) is 4.96. The Morgan fingerprint density at radius 3 is 1.46 bits per heavy atom. The molecular formula is C44H34N2OSi. The molecule has 0 spiro atoms. The van der Waals surface area contributed by atoms with E-state index in [1.54, 1.807) is 0 Å². The van der Waals surface area contributed by atoms with Crippen LogP contribution in [0.1, 0.15) is 0 Å². The summed E-state index contributed by atoms with van der Waals surface area (Å²) in [6, 6.07) is 60.7.